The second-order valence-corrected chi connectivity index (χ2v) is 6.71. The topological polar surface area (TPSA) is 47.6 Å². The van der Waals surface area contributed by atoms with Gasteiger partial charge in [0.05, 0.1) is 28.4 Å². The van der Waals surface area contributed by atoms with E-state index in [1.807, 2.05) is 32.9 Å². The largest absolute Gasteiger partial charge is 0.490 e. The summed E-state index contributed by atoms with van der Waals surface area (Å²) in [6.45, 7) is 6.86. The van der Waals surface area contributed by atoms with Crippen molar-refractivity contribution in [2.75, 3.05) is 18.5 Å². The molecule has 0 bridgehead atoms. The molecule has 0 unspecified atom stereocenters. The van der Waals surface area contributed by atoms with Crippen LogP contribution in [0.5, 0.6) is 11.5 Å². The quantitative estimate of drug-likeness (QED) is 0.604. The van der Waals surface area contributed by atoms with Gasteiger partial charge in [0.15, 0.2) is 11.5 Å². The number of rotatable bonds is 7. The lowest BCUT2D eigenvalue weighted by Gasteiger charge is -2.16. The Labute approximate surface area is 161 Å². The fourth-order valence-electron chi connectivity index (χ4n) is 2.28. The van der Waals surface area contributed by atoms with Crippen molar-refractivity contribution in [1.29, 1.82) is 0 Å². The molecular weight excluding hydrogens is 406 g/mol. The van der Waals surface area contributed by atoms with E-state index in [1.165, 1.54) is 0 Å². The van der Waals surface area contributed by atoms with Gasteiger partial charge in [0.1, 0.15) is 0 Å². The second kappa shape index (κ2) is 9.11. The van der Waals surface area contributed by atoms with Crippen molar-refractivity contribution < 1.29 is 14.3 Å². The number of benzene rings is 2. The Balaban J connectivity index is 2.33. The van der Waals surface area contributed by atoms with E-state index in [0.29, 0.717) is 45.5 Å². The highest BCUT2D eigenvalue weighted by Crippen LogP contribution is 2.37. The van der Waals surface area contributed by atoms with Gasteiger partial charge in [-0.25, -0.2) is 0 Å². The van der Waals surface area contributed by atoms with Crippen molar-refractivity contribution in [2.24, 2.45) is 0 Å². The maximum atomic E-state index is 12.7. The van der Waals surface area contributed by atoms with Crippen LogP contribution in [-0.4, -0.2) is 19.1 Å². The molecule has 2 aromatic rings. The molecule has 0 aliphatic rings. The first kappa shape index (κ1) is 19.6. The maximum absolute atomic E-state index is 12.7. The van der Waals surface area contributed by atoms with E-state index in [1.54, 1.807) is 18.2 Å². The molecule has 0 aliphatic heterocycles. The van der Waals surface area contributed by atoms with Crippen LogP contribution in [0.1, 0.15) is 36.2 Å². The van der Waals surface area contributed by atoms with Crippen LogP contribution in [-0.2, 0) is 0 Å². The van der Waals surface area contributed by atoms with Gasteiger partial charge in [-0.3, -0.25) is 4.79 Å². The fourth-order valence-corrected chi connectivity index (χ4v) is 3.11. The highest BCUT2D eigenvalue weighted by molar-refractivity contribution is 9.10. The average Bonchev–Trinajstić information content (AvgIpc) is 2.57. The number of carbonyl (C=O) groups excluding carboxylic acids is 1. The van der Waals surface area contributed by atoms with Crippen LogP contribution in [0.15, 0.2) is 34.8 Å². The molecular formula is C19H21BrClNO3. The number of para-hydroxylation sites is 1. The van der Waals surface area contributed by atoms with E-state index in [0.717, 1.165) is 12.0 Å². The number of carbonyl (C=O) groups is 1. The minimum atomic E-state index is -0.264. The minimum Gasteiger partial charge on any atom is -0.490 e. The number of hydrogen-bond acceptors (Lipinski definition) is 3. The SMILES string of the molecule is CCCOc1c(Br)cc(C(=O)Nc2c(C)cccc2Cl)cc1OCC. The predicted molar refractivity (Wildman–Crippen MR) is 105 cm³/mol. The monoisotopic (exact) mass is 425 g/mol. The fraction of sp³-hybridized carbons (Fsp3) is 0.316. The molecule has 0 saturated carbocycles. The zero-order valence-corrected chi connectivity index (χ0v) is 16.8. The van der Waals surface area contributed by atoms with Crippen LogP contribution < -0.4 is 14.8 Å². The standard InChI is InChI=1S/C19H21BrClNO3/c1-4-9-25-18-14(20)10-13(11-16(18)24-5-2)19(23)22-17-12(3)7-6-8-15(17)21/h6-8,10-11H,4-5,9H2,1-3H3,(H,22,23). The van der Waals surface area contributed by atoms with E-state index in [4.69, 9.17) is 21.1 Å². The Hall–Kier alpha value is -1.72. The molecule has 2 aromatic carbocycles. The number of anilines is 1. The molecule has 1 N–H and O–H groups in total. The summed E-state index contributed by atoms with van der Waals surface area (Å²) in [5, 5.41) is 3.37. The smallest absolute Gasteiger partial charge is 0.255 e. The number of aryl methyl sites for hydroxylation is 1. The molecule has 134 valence electrons. The number of hydrogen-bond donors (Lipinski definition) is 1. The van der Waals surface area contributed by atoms with Crippen molar-refractivity contribution in [3.63, 3.8) is 0 Å². The molecule has 0 aliphatic carbocycles. The molecule has 0 spiro atoms. The summed E-state index contributed by atoms with van der Waals surface area (Å²) < 4.78 is 12.1. The summed E-state index contributed by atoms with van der Waals surface area (Å²) in [6, 6.07) is 8.88. The van der Waals surface area contributed by atoms with Crippen molar-refractivity contribution >= 4 is 39.1 Å². The Bertz CT molecular complexity index is 744. The van der Waals surface area contributed by atoms with Gasteiger partial charge < -0.3 is 14.8 Å². The first-order valence-electron chi connectivity index (χ1n) is 8.13. The Kier molecular flexibility index (Phi) is 7.14. The average molecular weight is 427 g/mol. The Morgan fingerprint density at radius 3 is 2.64 bits per heavy atom. The molecule has 0 saturated heterocycles. The third-order valence-corrected chi connectivity index (χ3v) is 4.39. The third-order valence-electron chi connectivity index (χ3n) is 3.48. The Morgan fingerprint density at radius 2 is 2.00 bits per heavy atom. The molecule has 25 heavy (non-hydrogen) atoms. The first-order chi connectivity index (χ1) is 12.0. The van der Waals surface area contributed by atoms with Gasteiger partial charge in [-0.15, -0.1) is 0 Å². The molecule has 0 fully saturated rings. The molecule has 6 heteroatoms. The normalized spacial score (nSPS) is 10.4. The summed E-state index contributed by atoms with van der Waals surface area (Å²) in [5.41, 5.74) is 1.96. The first-order valence-corrected chi connectivity index (χ1v) is 9.30. The van der Waals surface area contributed by atoms with Crippen LogP contribution in [0.2, 0.25) is 5.02 Å². The molecule has 0 radical (unpaired) electrons. The lowest BCUT2D eigenvalue weighted by Crippen LogP contribution is -2.14. The lowest BCUT2D eigenvalue weighted by molar-refractivity contribution is 0.102. The van der Waals surface area contributed by atoms with Crippen LogP contribution in [0.3, 0.4) is 0 Å². The van der Waals surface area contributed by atoms with Crippen LogP contribution in [0.4, 0.5) is 5.69 Å². The molecule has 0 aromatic heterocycles. The molecule has 0 atom stereocenters. The van der Waals surface area contributed by atoms with Gasteiger partial charge in [-0.2, -0.15) is 0 Å². The summed E-state index contributed by atoms with van der Waals surface area (Å²) >= 11 is 9.66. The van der Waals surface area contributed by atoms with Crippen LogP contribution in [0, 0.1) is 6.92 Å². The van der Waals surface area contributed by atoms with Crippen molar-refractivity contribution in [2.45, 2.75) is 27.2 Å². The molecule has 4 nitrogen and oxygen atoms in total. The van der Waals surface area contributed by atoms with E-state index >= 15 is 0 Å². The van der Waals surface area contributed by atoms with Crippen LogP contribution in [0.25, 0.3) is 0 Å². The summed E-state index contributed by atoms with van der Waals surface area (Å²) in [6.07, 6.45) is 0.881. The van der Waals surface area contributed by atoms with Gasteiger partial charge in [0.2, 0.25) is 0 Å². The highest BCUT2D eigenvalue weighted by atomic mass is 79.9. The Morgan fingerprint density at radius 1 is 1.24 bits per heavy atom. The highest BCUT2D eigenvalue weighted by Gasteiger charge is 2.17. The number of halogens is 2. The van der Waals surface area contributed by atoms with Crippen molar-refractivity contribution in [3.8, 4) is 11.5 Å². The van der Waals surface area contributed by atoms with Crippen LogP contribution >= 0.6 is 27.5 Å². The summed E-state index contributed by atoms with van der Waals surface area (Å²) in [5.74, 6) is 0.875. The van der Waals surface area contributed by atoms with Gasteiger partial charge in [0.25, 0.3) is 5.91 Å². The van der Waals surface area contributed by atoms with Gasteiger partial charge in [-0.1, -0.05) is 30.7 Å². The third kappa shape index (κ3) is 4.89. The second-order valence-electron chi connectivity index (χ2n) is 5.45. The van der Waals surface area contributed by atoms with E-state index in [2.05, 4.69) is 21.2 Å². The number of ether oxygens (including phenoxy) is 2. The summed E-state index contributed by atoms with van der Waals surface area (Å²) in [7, 11) is 0. The van der Waals surface area contributed by atoms with E-state index < -0.39 is 0 Å². The maximum Gasteiger partial charge on any atom is 0.255 e. The number of nitrogens with one attached hydrogen (secondary N) is 1. The molecule has 1 amide bonds. The van der Waals surface area contributed by atoms with Gasteiger partial charge in [-0.05, 0) is 60.0 Å². The van der Waals surface area contributed by atoms with Gasteiger partial charge >= 0.3 is 0 Å². The van der Waals surface area contributed by atoms with Crippen molar-refractivity contribution in [1.82, 2.24) is 0 Å². The minimum absolute atomic E-state index is 0.264. The number of amides is 1. The molecule has 0 heterocycles. The summed E-state index contributed by atoms with van der Waals surface area (Å²) in [4.78, 5) is 12.7. The molecule has 2 rings (SSSR count). The van der Waals surface area contributed by atoms with Gasteiger partial charge in [0, 0.05) is 5.56 Å². The zero-order valence-electron chi connectivity index (χ0n) is 14.5. The zero-order chi connectivity index (χ0) is 18.4. The predicted octanol–water partition coefficient (Wildman–Crippen LogP) is 5.85. The lowest BCUT2D eigenvalue weighted by atomic mass is 10.1. The van der Waals surface area contributed by atoms with Crippen molar-refractivity contribution in [3.05, 3.63) is 51.0 Å². The van der Waals surface area contributed by atoms with E-state index in [-0.39, 0.29) is 5.91 Å². The van der Waals surface area contributed by atoms with E-state index in [9.17, 15) is 4.79 Å².